The van der Waals surface area contributed by atoms with Gasteiger partial charge in [-0.3, -0.25) is 14.2 Å². The van der Waals surface area contributed by atoms with Crippen LogP contribution in [0.1, 0.15) is 25.3 Å². The fourth-order valence-electron chi connectivity index (χ4n) is 3.37. The number of benzene rings is 2. The Morgan fingerprint density at radius 1 is 1.16 bits per heavy atom. The van der Waals surface area contributed by atoms with E-state index >= 15 is 0 Å². The van der Waals surface area contributed by atoms with Gasteiger partial charge in [0.15, 0.2) is 14.6 Å². The van der Waals surface area contributed by atoms with Gasteiger partial charge in [0.2, 0.25) is 0 Å². The van der Waals surface area contributed by atoms with E-state index < -0.39 is 37.4 Å². The van der Waals surface area contributed by atoms with Gasteiger partial charge >= 0.3 is 0 Å². The second-order valence-corrected chi connectivity index (χ2v) is 11.5. The van der Waals surface area contributed by atoms with E-state index in [9.17, 15) is 17.4 Å². The average molecular weight is 465 g/mol. The molecule has 0 radical (unpaired) electrons. The highest BCUT2D eigenvalue weighted by Crippen LogP contribution is 2.30. The predicted molar refractivity (Wildman–Crippen MR) is 118 cm³/mol. The Labute approximate surface area is 183 Å². The van der Waals surface area contributed by atoms with E-state index in [-0.39, 0.29) is 6.42 Å². The van der Waals surface area contributed by atoms with Crippen LogP contribution in [0.25, 0.3) is 11.1 Å². The van der Waals surface area contributed by atoms with E-state index in [1.165, 1.54) is 12.4 Å². The number of nitrogens with zero attached hydrogens (tertiary/aromatic N) is 1. The van der Waals surface area contributed by atoms with Crippen LogP contribution < -0.4 is 5.48 Å². The smallest absolute Gasteiger partial charge is 0.264 e. The highest BCUT2D eigenvalue weighted by Gasteiger charge is 2.47. The van der Waals surface area contributed by atoms with Crippen molar-refractivity contribution in [1.29, 1.82) is 0 Å². The van der Waals surface area contributed by atoms with Crippen molar-refractivity contribution in [2.24, 2.45) is 5.16 Å². The largest absolute Gasteiger partial charge is 0.392 e. The molecule has 2 N–H and O–H groups in total. The maximum absolute atomic E-state index is 12.1. The molecule has 1 heterocycles. The van der Waals surface area contributed by atoms with Crippen molar-refractivity contribution in [3.63, 3.8) is 0 Å². The van der Waals surface area contributed by atoms with Gasteiger partial charge in [-0.05, 0) is 35.7 Å². The molecule has 0 fully saturated rings. The van der Waals surface area contributed by atoms with Crippen LogP contribution in [0.4, 0.5) is 0 Å². The number of rotatable bonds is 7. The van der Waals surface area contributed by atoms with Crippen molar-refractivity contribution in [2.45, 2.75) is 35.5 Å². The van der Waals surface area contributed by atoms with Crippen LogP contribution in [0, 0.1) is 0 Å². The van der Waals surface area contributed by atoms with Gasteiger partial charge in [0.25, 0.3) is 5.91 Å². The molecule has 0 bridgehead atoms. The van der Waals surface area contributed by atoms with E-state index in [0.29, 0.717) is 12.1 Å². The van der Waals surface area contributed by atoms with Gasteiger partial charge in [-0.25, -0.2) is 13.9 Å². The molecule has 2 unspecified atom stereocenters. The first-order valence-electron chi connectivity index (χ1n) is 9.46. The molecular formula is C21H24N2O6S2. The maximum Gasteiger partial charge on any atom is 0.264 e. The number of hydroxylamine groups is 1. The lowest BCUT2D eigenvalue weighted by Gasteiger charge is -2.26. The summed E-state index contributed by atoms with van der Waals surface area (Å²) in [5, 5.41) is 13.0. The molecule has 0 saturated carbocycles. The number of hydrogen-bond donors (Lipinski definition) is 2. The Kier molecular flexibility index (Phi) is 6.63. The van der Waals surface area contributed by atoms with E-state index in [4.69, 9.17) is 10.0 Å². The standard InChI is InChI=1S/C21H24N2O6S2/c1-21(20(24)22-25,31(3,27)28)13-17-12-19(23-29-17)16-6-4-14(5-7-16)15-8-10-18(11-9-15)30(2)26/h4-11,17,25H,12-13H2,1-3H3,(H,22,24)/t17-,21?,30?/m1/s1. The first-order chi connectivity index (χ1) is 14.5. The fourth-order valence-corrected chi connectivity index (χ4v) is 4.76. The molecule has 1 amide bonds. The lowest BCUT2D eigenvalue weighted by atomic mass is 9.95. The number of carbonyl (C=O) groups is 1. The first-order valence-corrected chi connectivity index (χ1v) is 12.9. The molecule has 8 nitrogen and oxygen atoms in total. The fraction of sp³-hybridized carbons (Fsp3) is 0.333. The zero-order chi connectivity index (χ0) is 22.8. The highest BCUT2D eigenvalue weighted by atomic mass is 32.2. The second-order valence-electron chi connectivity index (χ2n) is 7.67. The molecule has 166 valence electrons. The minimum Gasteiger partial charge on any atom is -0.392 e. The van der Waals surface area contributed by atoms with Gasteiger partial charge in [0.05, 0.1) is 5.71 Å². The Hall–Kier alpha value is -2.56. The van der Waals surface area contributed by atoms with Gasteiger partial charge in [0, 0.05) is 41.0 Å². The zero-order valence-corrected chi connectivity index (χ0v) is 19.0. The van der Waals surface area contributed by atoms with E-state index in [1.807, 2.05) is 48.5 Å². The number of amides is 1. The minimum atomic E-state index is -3.81. The van der Waals surface area contributed by atoms with Crippen molar-refractivity contribution in [3.8, 4) is 11.1 Å². The number of carbonyl (C=O) groups excluding carboxylic acids is 1. The van der Waals surface area contributed by atoms with Crippen molar-refractivity contribution in [2.75, 3.05) is 12.5 Å². The summed E-state index contributed by atoms with van der Waals surface area (Å²) in [6.45, 7) is 1.25. The third-order valence-electron chi connectivity index (χ3n) is 5.49. The Balaban J connectivity index is 1.71. The van der Waals surface area contributed by atoms with Gasteiger partial charge in [-0.15, -0.1) is 0 Å². The zero-order valence-electron chi connectivity index (χ0n) is 17.4. The summed E-state index contributed by atoms with van der Waals surface area (Å²) in [6, 6.07) is 15.1. The molecule has 0 aromatic heterocycles. The van der Waals surface area contributed by atoms with Crippen LogP contribution in [-0.4, -0.2) is 52.8 Å². The quantitative estimate of drug-likeness (QED) is 0.479. The van der Waals surface area contributed by atoms with Gasteiger partial charge < -0.3 is 4.84 Å². The van der Waals surface area contributed by atoms with Crippen LogP contribution in [-0.2, 0) is 30.3 Å². The number of hydrogen-bond acceptors (Lipinski definition) is 7. The van der Waals surface area contributed by atoms with Gasteiger partial charge in [0.1, 0.15) is 6.10 Å². The maximum atomic E-state index is 12.1. The lowest BCUT2D eigenvalue weighted by Crippen LogP contribution is -2.51. The van der Waals surface area contributed by atoms with Crippen molar-refractivity contribution >= 4 is 32.3 Å². The minimum absolute atomic E-state index is 0.144. The third kappa shape index (κ3) is 4.86. The SMILES string of the molecule is CS(=O)c1ccc(-c2ccc(C3=NO[C@@H](CC(C)(C(=O)NO)S(C)(=O)=O)C3)cc2)cc1. The predicted octanol–water partition coefficient (Wildman–Crippen LogP) is 2.28. The monoisotopic (exact) mass is 464 g/mol. The van der Waals surface area contributed by atoms with Crippen molar-refractivity contribution in [3.05, 3.63) is 54.1 Å². The lowest BCUT2D eigenvalue weighted by molar-refractivity contribution is -0.132. The van der Waals surface area contributed by atoms with Crippen molar-refractivity contribution < 1.29 is 27.5 Å². The molecular weight excluding hydrogens is 440 g/mol. The molecule has 1 aliphatic rings. The summed E-state index contributed by atoms with van der Waals surface area (Å²) in [5.74, 6) is -1.01. The second kappa shape index (κ2) is 8.89. The molecule has 31 heavy (non-hydrogen) atoms. The average Bonchev–Trinajstić information content (AvgIpc) is 3.20. The summed E-state index contributed by atoms with van der Waals surface area (Å²) in [4.78, 5) is 18.2. The van der Waals surface area contributed by atoms with E-state index in [0.717, 1.165) is 27.8 Å². The molecule has 0 aliphatic carbocycles. The molecule has 2 aromatic rings. The molecule has 3 rings (SSSR count). The molecule has 0 saturated heterocycles. The van der Waals surface area contributed by atoms with Gasteiger partial charge in [-0.2, -0.15) is 0 Å². The topological polar surface area (TPSA) is 122 Å². The Bertz CT molecular complexity index is 1130. The van der Waals surface area contributed by atoms with Crippen LogP contribution >= 0.6 is 0 Å². The Morgan fingerprint density at radius 2 is 1.68 bits per heavy atom. The summed E-state index contributed by atoms with van der Waals surface area (Å²) in [6.07, 6.45) is 2.15. The summed E-state index contributed by atoms with van der Waals surface area (Å²) in [7, 11) is -4.84. The summed E-state index contributed by atoms with van der Waals surface area (Å²) in [5.41, 5.74) is 4.88. The molecule has 10 heteroatoms. The van der Waals surface area contributed by atoms with E-state index in [2.05, 4.69) is 5.16 Å². The van der Waals surface area contributed by atoms with Crippen molar-refractivity contribution in [1.82, 2.24) is 5.48 Å². The van der Waals surface area contributed by atoms with Crippen LogP contribution in [0.2, 0.25) is 0 Å². The summed E-state index contributed by atoms with van der Waals surface area (Å²) >= 11 is 0. The van der Waals surface area contributed by atoms with Crippen LogP contribution in [0.5, 0.6) is 0 Å². The third-order valence-corrected chi connectivity index (χ3v) is 8.41. The summed E-state index contributed by atoms with van der Waals surface area (Å²) < 4.78 is 34.0. The molecule has 2 aromatic carbocycles. The van der Waals surface area contributed by atoms with Gasteiger partial charge in [-0.1, -0.05) is 41.6 Å². The molecule has 0 spiro atoms. The van der Waals surface area contributed by atoms with E-state index in [1.54, 1.807) is 6.26 Å². The highest BCUT2D eigenvalue weighted by molar-refractivity contribution is 7.92. The van der Waals surface area contributed by atoms with Crippen LogP contribution in [0.15, 0.2) is 58.6 Å². The normalized spacial score (nSPS) is 19.1. The first kappa shape index (κ1) is 23.1. The number of oxime groups is 1. The number of sulfone groups is 1. The number of nitrogens with one attached hydrogen (secondary N) is 1. The molecule has 3 atom stereocenters. The Morgan fingerprint density at radius 3 is 2.16 bits per heavy atom. The van der Waals surface area contributed by atoms with Crippen LogP contribution in [0.3, 0.4) is 0 Å². The molecule has 1 aliphatic heterocycles.